The summed E-state index contributed by atoms with van der Waals surface area (Å²) in [6.07, 6.45) is 1.72. The minimum absolute atomic E-state index is 0.159. The molecule has 0 saturated carbocycles. The van der Waals surface area contributed by atoms with Gasteiger partial charge in [0.05, 0.1) is 19.2 Å². The number of carbonyl (C=O) groups is 2. The highest BCUT2D eigenvalue weighted by Gasteiger charge is 2.26. The van der Waals surface area contributed by atoms with Crippen molar-refractivity contribution in [3.63, 3.8) is 0 Å². The summed E-state index contributed by atoms with van der Waals surface area (Å²) in [7, 11) is 0. The van der Waals surface area contributed by atoms with Crippen molar-refractivity contribution in [2.24, 2.45) is 0 Å². The summed E-state index contributed by atoms with van der Waals surface area (Å²) in [6.45, 7) is 2.27. The predicted molar refractivity (Wildman–Crippen MR) is 117 cm³/mol. The zero-order valence-corrected chi connectivity index (χ0v) is 18.0. The fraction of sp³-hybridized carbons (Fsp3) is 0.217. The first-order chi connectivity index (χ1) is 14.4. The molecule has 30 heavy (non-hydrogen) atoms. The molecule has 2 aromatic carbocycles. The third-order valence-corrected chi connectivity index (χ3v) is 5.22. The number of rotatable bonds is 8. The van der Waals surface area contributed by atoms with Gasteiger partial charge < -0.3 is 14.6 Å². The highest BCUT2D eigenvalue weighted by atomic mass is 35.5. The SMILES string of the molecule is C[C@@H](C(=O)NCc1ccco1)N(Cc1ccc(Cl)cc1)C(=O)Cc1ccc(Cl)cc1. The van der Waals surface area contributed by atoms with E-state index in [1.54, 1.807) is 54.5 Å². The second-order valence-corrected chi connectivity index (χ2v) is 7.80. The topological polar surface area (TPSA) is 62.6 Å². The molecule has 1 aromatic heterocycles. The van der Waals surface area contributed by atoms with Gasteiger partial charge in [-0.2, -0.15) is 0 Å². The summed E-state index contributed by atoms with van der Waals surface area (Å²) in [5, 5.41) is 4.04. The van der Waals surface area contributed by atoms with Crippen molar-refractivity contribution in [3.8, 4) is 0 Å². The maximum atomic E-state index is 13.1. The number of nitrogens with zero attached hydrogens (tertiary/aromatic N) is 1. The van der Waals surface area contributed by atoms with Crippen molar-refractivity contribution in [1.82, 2.24) is 10.2 Å². The van der Waals surface area contributed by atoms with Crippen molar-refractivity contribution in [1.29, 1.82) is 0 Å². The lowest BCUT2D eigenvalue weighted by Crippen LogP contribution is -2.47. The molecule has 0 aliphatic heterocycles. The van der Waals surface area contributed by atoms with Gasteiger partial charge in [0, 0.05) is 16.6 Å². The molecule has 0 radical (unpaired) electrons. The minimum atomic E-state index is -0.671. The molecule has 3 rings (SSSR count). The van der Waals surface area contributed by atoms with Gasteiger partial charge in [0.15, 0.2) is 0 Å². The number of hydrogen-bond donors (Lipinski definition) is 1. The number of amides is 2. The van der Waals surface area contributed by atoms with Crippen LogP contribution in [0, 0.1) is 0 Å². The lowest BCUT2D eigenvalue weighted by atomic mass is 10.1. The van der Waals surface area contributed by atoms with E-state index in [9.17, 15) is 9.59 Å². The average molecular weight is 445 g/mol. The van der Waals surface area contributed by atoms with Gasteiger partial charge in [-0.3, -0.25) is 9.59 Å². The molecule has 1 heterocycles. The fourth-order valence-corrected chi connectivity index (χ4v) is 3.23. The molecule has 2 amide bonds. The van der Waals surface area contributed by atoms with Crippen molar-refractivity contribution in [2.45, 2.75) is 32.5 Å². The summed E-state index contributed by atoms with van der Waals surface area (Å²) in [4.78, 5) is 27.4. The molecule has 156 valence electrons. The van der Waals surface area contributed by atoms with E-state index in [4.69, 9.17) is 27.6 Å². The van der Waals surface area contributed by atoms with Crippen LogP contribution in [0.5, 0.6) is 0 Å². The Balaban J connectivity index is 1.74. The Morgan fingerprint density at radius 2 is 1.57 bits per heavy atom. The van der Waals surface area contributed by atoms with Crippen LogP contribution in [0.25, 0.3) is 0 Å². The first-order valence-electron chi connectivity index (χ1n) is 9.51. The Kier molecular flexibility index (Phi) is 7.55. The van der Waals surface area contributed by atoms with Crippen LogP contribution in [0.2, 0.25) is 10.0 Å². The molecule has 5 nitrogen and oxygen atoms in total. The molecule has 0 aliphatic carbocycles. The van der Waals surface area contributed by atoms with E-state index < -0.39 is 6.04 Å². The van der Waals surface area contributed by atoms with Gasteiger partial charge in [0.25, 0.3) is 0 Å². The van der Waals surface area contributed by atoms with Gasteiger partial charge in [-0.15, -0.1) is 0 Å². The van der Waals surface area contributed by atoms with Crippen molar-refractivity contribution >= 4 is 35.0 Å². The monoisotopic (exact) mass is 444 g/mol. The van der Waals surface area contributed by atoms with Crippen molar-refractivity contribution in [2.75, 3.05) is 0 Å². The largest absolute Gasteiger partial charge is 0.467 e. The van der Waals surface area contributed by atoms with Gasteiger partial charge in [-0.05, 0) is 54.4 Å². The zero-order chi connectivity index (χ0) is 21.5. The average Bonchev–Trinajstić information content (AvgIpc) is 3.26. The Hall–Kier alpha value is -2.76. The Bertz CT molecular complexity index is 971. The lowest BCUT2D eigenvalue weighted by molar-refractivity contribution is -0.140. The van der Waals surface area contributed by atoms with Crippen LogP contribution in [0.3, 0.4) is 0 Å². The van der Waals surface area contributed by atoms with E-state index in [1.165, 1.54) is 0 Å². The number of hydrogen-bond acceptors (Lipinski definition) is 3. The molecule has 1 N–H and O–H groups in total. The van der Waals surface area contributed by atoms with Gasteiger partial charge in [0.2, 0.25) is 11.8 Å². The second-order valence-electron chi connectivity index (χ2n) is 6.92. The Morgan fingerprint density at radius 3 is 2.13 bits per heavy atom. The molecule has 0 unspecified atom stereocenters. The van der Waals surface area contributed by atoms with Gasteiger partial charge >= 0.3 is 0 Å². The summed E-state index contributed by atoms with van der Waals surface area (Å²) >= 11 is 11.9. The van der Waals surface area contributed by atoms with E-state index >= 15 is 0 Å². The van der Waals surface area contributed by atoms with Gasteiger partial charge in [-0.1, -0.05) is 47.5 Å². The van der Waals surface area contributed by atoms with Crippen LogP contribution >= 0.6 is 23.2 Å². The number of nitrogens with one attached hydrogen (secondary N) is 1. The first kappa shape index (κ1) is 21.9. The molecule has 0 saturated heterocycles. The molecule has 3 aromatic rings. The van der Waals surface area contributed by atoms with Crippen LogP contribution in [0.15, 0.2) is 71.3 Å². The van der Waals surface area contributed by atoms with Crippen LogP contribution in [-0.2, 0) is 29.1 Å². The van der Waals surface area contributed by atoms with Crippen LogP contribution in [-0.4, -0.2) is 22.8 Å². The highest BCUT2D eigenvalue weighted by Crippen LogP contribution is 2.16. The van der Waals surface area contributed by atoms with Gasteiger partial charge in [-0.25, -0.2) is 0 Å². The summed E-state index contributed by atoms with van der Waals surface area (Å²) < 4.78 is 5.25. The quantitative estimate of drug-likeness (QED) is 0.539. The van der Waals surface area contributed by atoms with Crippen molar-refractivity contribution in [3.05, 3.63) is 93.9 Å². The molecular weight excluding hydrogens is 423 g/mol. The van der Waals surface area contributed by atoms with Crippen LogP contribution in [0.1, 0.15) is 23.8 Å². The molecule has 7 heteroatoms. The number of halogens is 2. The Morgan fingerprint density at radius 1 is 0.967 bits per heavy atom. The number of benzene rings is 2. The van der Waals surface area contributed by atoms with E-state index in [0.29, 0.717) is 22.4 Å². The molecule has 0 fully saturated rings. The van der Waals surface area contributed by atoms with Crippen LogP contribution < -0.4 is 5.32 Å². The third-order valence-electron chi connectivity index (χ3n) is 4.72. The third kappa shape index (κ3) is 6.12. The number of furan rings is 1. The lowest BCUT2D eigenvalue weighted by Gasteiger charge is -2.29. The molecule has 0 aliphatic rings. The predicted octanol–water partition coefficient (Wildman–Crippen LogP) is 4.86. The summed E-state index contributed by atoms with van der Waals surface area (Å²) in [5.41, 5.74) is 1.71. The number of carbonyl (C=O) groups excluding carboxylic acids is 2. The smallest absolute Gasteiger partial charge is 0.242 e. The molecular formula is C23H22Cl2N2O3. The molecule has 0 bridgehead atoms. The van der Waals surface area contributed by atoms with Gasteiger partial charge in [0.1, 0.15) is 11.8 Å². The summed E-state index contributed by atoms with van der Waals surface area (Å²) in [6, 6.07) is 17.2. The summed E-state index contributed by atoms with van der Waals surface area (Å²) in [5.74, 6) is 0.227. The Labute approximate surface area is 185 Å². The van der Waals surface area contributed by atoms with E-state index in [-0.39, 0.29) is 24.8 Å². The molecule has 1 atom stereocenters. The van der Waals surface area contributed by atoms with Crippen molar-refractivity contribution < 1.29 is 14.0 Å². The molecule has 0 spiro atoms. The van der Waals surface area contributed by atoms with E-state index in [1.807, 2.05) is 24.3 Å². The standard InChI is InChI=1S/C23H22Cl2N2O3/c1-16(23(29)26-14-21-3-2-12-30-21)27(15-18-6-10-20(25)11-7-18)22(28)13-17-4-8-19(24)9-5-17/h2-12,16H,13-15H2,1H3,(H,26,29)/t16-/m0/s1. The van der Waals surface area contributed by atoms with E-state index in [2.05, 4.69) is 5.32 Å². The minimum Gasteiger partial charge on any atom is -0.467 e. The highest BCUT2D eigenvalue weighted by molar-refractivity contribution is 6.30. The normalized spacial score (nSPS) is 11.7. The second kappa shape index (κ2) is 10.3. The van der Waals surface area contributed by atoms with E-state index in [0.717, 1.165) is 11.1 Å². The maximum absolute atomic E-state index is 13.1. The fourth-order valence-electron chi connectivity index (χ4n) is 2.98. The first-order valence-corrected chi connectivity index (χ1v) is 10.3. The maximum Gasteiger partial charge on any atom is 0.242 e. The van der Waals surface area contributed by atoms with Crippen LogP contribution in [0.4, 0.5) is 0 Å². The zero-order valence-electron chi connectivity index (χ0n) is 16.5.